The van der Waals surface area contributed by atoms with Crippen molar-refractivity contribution in [3.63, 3.8) is 0 Å². The first-order chi connectivity index (χ1) is 11.0. The number of carbonyl (C=O) groups excluding carboxylic acids is 1. The summed E-state index contributed by atoms with van der Waals surface area (Å²) in [5, 5.41) is 3.05. The van der Waals surface area contributed by atoms with E-state index in [1.165, 1.54) is 26.4 Å². The highest BCUT2D eigenvalue weighted by atomic mass is 19.1. The third kappa shape index (κ3) is 2.56. The number of halogens is 1. The molecule has 0 bridgehead atoms. The van der Waals surface area contributed by atoms with Crippen LogP contribution >= 0.6 is 0 Å². The zero-order valence-electron chi connectivity index (χ0n) is 13.0. The summed E-state index contributed by atoms with van der Waals surface area (Å²) in [4.78, 5) is 12.2. The molecule has 1 atom stereocenters. The number of benzene rings is 2. The molecule has 0 saturated heterocycles. The highest BCUT2D eigenvalue weighted by Crippen LogP contribution is 2.42. The fourth-order valence-electron chi connectivity index (χ4n) is 2.60. The van der Waals surface area contributed by atoms with E-state index in [1.54, 1.807) is 18.2 Å². The zero-order chi connectivity index (χ0) is 16.6. The van der Waals surface area contributed by atoms with Gasteiger partial charge in [-0.15, -0.1) is 0 Å². The maximum atomic E-state index is 13.4. The average Bonchev–Trinajstić information content (AvgIpc) is 2.86. The van der Waals surface area contributed by atoms with Crippen LogP contribution in [0, 0.1) is 12.7 Å². The van der Waals surface area contributed by atoms with E-state index < -0.39 is 12.2 Å². The molecule has 6 heteroatoms. The van der Waals surface area contributed by atoms with E-state index in [-0.39, 0.29) is 5.82 Å². The van der Waals surface area contributed by atoms with Gasteiger partial charge in [-0.25, -0.2) is 9.18 Å². The van der Waals surface area contributed by atoms with E-state index in [4.69, 9.17) is 14.2 Å². The van der Waals surface area contributed by atoms with Crippen LogP contribution in [0.5, 0.6) is 11.5 Å². The SMILES string of the molecule is COc1ccc2c(c1OC)C(=O)OC2Nc1cc(F)ccc1C. The molecule has 3 rings (SSSR count). The molecule has 1 aliphatic rings. The number of nitrogens with one attached hydrogen (secondary N) is 1. The molecule has 2 aromatic carbocycles. The molecule has 0 fully saturated rings. The van der Waals surface area contributed by atoms with E-state index in [0.29, 0.717) is 28.3 Å². The van der Waals surface area contributed by atoms with Gasteiger partial charge in [0, 0.05) is 11.3 Å². The molecular weight excluding hydrogens is 301 g/mol. The lowest BCUT2D eigenvalue weighted by Gasteiger charge is -2.16. The molecule has 0 amide bonds. The molecule has 0 saturated carbocycles. The number of fused-ring (bicyclic) bond motifs is 1. The van der Waals surface area contributed by atoms with Gasteiger partial charge in [0.1, 0.15) is 11.4 Å². The Hall–Kier alpha value is -2.76. The summed E-state index contributed by atoms with van der Waals surface area (Å²) in [5.74, 6) is -0.0988. The largest absolute Gasteiger partial charge is 0.493 e. The van der Waals surface area contributed by atoms with Crippen molar-refractivity contribution in [1.29, 1.82) is 0 Å². The van der Waals surface area contributed by atoms with E-state index in [0.717, 1.165) is 5.56 Å². The third-order valence-corrected chi connectivity index (χ3v) is 3.78. The van der Waals surface area contributed by atoms with Crippen LogP contribution < -0.4 is 14.8 Å². The molecule has 0 radical (unpaired) electrons. The molecule has 1 unspecified atom stereocenters. The Bertz CT molecular complexity index is 775. The number of aryl methyl sites for hydroxylation is 1. The Kier molecular flexibility index (Phi) is 3.82. The third-order valence-electron chi connectivity index (χ3n) is 3.78. The molecule has 5 nitrogen and oxygen atoms in total. The molecule has 120 valence electrons. The monoisotopic (exact) mass is 317 g/mol. The van der Waals surface area contributed by atoms with Crippen molar-refractivity contribution in [2.24, 2.45) is 0 Å². The van der Waals surface area contributed by atoms with Crippen LogP contribution in [0.4, 0.5) is 10.1 Å². The molecule has 0 aromatic heterocycles. The fraction of sp³-hybridized carbons (Fsp3) is 0.235. The Morgan fingerprint density at radius 1 is 1.17 bits per heavy atom. The van der Waals surface area contributed by atoms with Crippen LogP contribution in [0.1, 0.15) is 27.7 Å². The van der Waals surface area contributed by atoms with Gasteiger partial charge in [-0.1, -0.05) is 6.07 Å². The predicted molar refractivity (Wildman–Crippen MR) is 82.5 cm³/mol. The average molecular weight is 317 g/mol. The zero-order valence-corrected chi connectivity index (χ0v) is 13.0. The van der Waals surface area contributed by atoms with Crippen molar-refractivity contribution in [2.45, 2.75) is 13.2 Å². The van der Waals surface area contributed by atoms with Crippen LogP contribution in [-0.4, -0.2) is 20.2 Å². The highest BCUT2D eigenvalue weighted by Gasteiger charge is 2.36. The van der Waals surface area contributed by atoms with Gasteiger partial charge in [0.2, 0.25) is 6.23 Å². The van der Waals surface area contributed by atoms with Gasteiger partial charge in [-0.2, -0.15) is 0 Å². The molecule has 2 aromatic rings. The summed E-state index contributed by atoms with van der Waals surface area (Å²) in [6.45, 7) is 1.84. The van der Waals surface area contributed by atoms with Crippen molar-refractivity contribution in [1.82, 2.24) is 0 Å². The van der Waals surface area contributed by atoms with Crippen LogP contribution in [0.15, 0.2) is 30.3 Å². The van der Waals surface area contributed by atoms with Gasteiger partial charge in [-0.05, 0) is 36.8 Å². The molecule has 1 N–H and O–H groups in total. The van der Waals surface area contributed by atoms with E-state index >= 15 is 0 Å². The summed E-state index contributed by atoms with van der Waals surface area (Å²) in [7, 11) is 2.96. The number of anilines is 1. The Labute approximate surface area is 133 Å². The quantitative estimate of drug-likeness (QED) is 0.876. The Morgan fingerprint density at radius 3 is 2.65 bits per heavy atom. The highest BCUT2D eigenvalue weighted by molar-refractivity contribution is 5.98. The Balaban J connectivity index is 2.00. The van der Waals surface area contributed by atoms with E-state index in [2.05, 4.69) is 5.32 Å². The second-order valence-corrected chi connectivity index (χ2v) is 5.15. The normalized spacial score (nSPS) is 15.8. The number of ether oxygens (including phenoxy) is 3. The van der Waals surface area contributed by atoms with Crippen molar-refractivity contribution in [3.05, 3.63) is 52.8 Å². The molecule has 1 aliphatic heterocycles. The standard InChI is InChI=1S/C17H16FNO4/c1-9-4-5-10(18)8-12(9)19-16-11-6-7-13(21-2)15(22-3)14(11)17(20)23-16/h4-8,16,19H,1-3H3. The topological polar surface area (TPSA) is 56.8 Å². The predicted octanol–water partition coefficient (Wildman–Crippen LogP) is 3.43. The number of rotatable bonds is 4. The smallest absolute Gasteiger partial charge is 0.344 e. The molecule has 0 spiro atoms. The van der Waals surface area contributed by atoms with E-state index in [1.807, 2.05) is 6.92 Å². The van der Waals surface area contributed by atoms with Crippen LogP contribution in [-0.2, 0) is 4.74 Å². The second kappa shape index (κ2) is 5.79. The van der Waals surface area contributed by atoms with Crippen molar-refractivity contribution < 1.29 is 23.4 Å². The summed E-state index contributed by atoms with van der Waals surface area (Å²) in [6, 6.07) is 7.83. The number of cyclic esters (lactones) is 1. The van der Waals surface area contributed by atoms with Gasteiger partial charge in [-0.3, -0.25) is 0 Å². The van der Waals surface area contributed by atoms with Gasteiger partial charge in [0.15, 0.2) is 11.5 Å². The number of hydrogen-bond acceptors (Lipinski definition) is 5. The van der Waals surface area contributed by atoms with Crippen molar-refractivity contribution in [2.75, 3.05) is 19.5 Å². The van der Waals surface area contributed by atoms with Crippen LogP contribution in [0.25, 0.3) is 0 Å². The first-order valence-corrected chi connectivity index (χ1v) is 7.03. The molecule has 1 heterocycles. The lowest BCUT2D eigenvalue weighted by Crippen LogP contribution is -2.11. The molecule has 23 heavy (non-hydrogen) atoms. The minimum Gasteiger partial charge on any atom is -0.493 e. The fourth-order valence-corrected chi connectivity index (χ4v) is 2.60. The second-order valence-electron chi connectivity index (χ2n) is 5.15. The van der Waals surface area contributed by atoms with Gasteiger partial charge >= 0.3 is 5.97 Å². The minimum absolute atomic E-state index is 0.318. The first kappa shape index (κ1) is 15.1. The number of esters is 1. The summed E-state index contributed by atoms with van der Waals surface area (Å²) in [5.41, 5.74) is 2.34. The summed E-state index contributed by atoms with van der Waals surface area (Å²) >= 11 is 0. The minimum atomic E-state index is -0.710. The number of methoxy groups -OCH3 is 2. The van der Waals surface area contributed by atoms with Gasteiger partial charge in [0.25, 0.3) is 0 Å². The Morgan fingerprint density at radius 2 is 1.96 bits per heavy atom. The molecule has 0 aliphatic carbocycles. The lowest BCUT2D eigenvalue weighted by atomic mass is 10.1. The van der Waals surface area contributed by atoms with Crippen LogP contribution in [0.3, 0.4) is 0 Å². The molecular formula is C17H16FNO4. The van der Waals surface area contributed by atoms with Crippen molar-refractivity contribution in [3.8, 4) is 11.5 Å². The number of hydrogen-bond donors (Lipinski definition) is 1. The van der Waals surface area contributed by atoms with Gasteiger partial charge < -0.3 is 19.5 Å². The van der Waals surface area contributed by atoms with E-state index in [9.17, 15) is 9.18 Å². The van der Waals surface area contributed by atoms with Gasteiger partial charge in [0.05, 0.1) is 14.2 Å². The van der Waals surface area contributed by atoms with Crippen molar-refractivity contribution >= 4 is 11.7 Å². The van der Waals surface area contributed by atoms with Crippen LogP contribution in [0.2, 0.25) is 0 Å². The maximum Gasteiger partial charge on any atom is 0.344 e. The number of carbonyl (C=O) groups is 1. The lowest BCUT2D eigenvalue weighted by molar-refractivity contribution is 0.0435. The summed E-state index contributed by atoms with van der Waals surface area (Å²) in [6.07, 6.45) is -0.710. The maximum absolute atomic E-state index is 13.4. The first-order valence-electron chi connectivity index (χ1n) is 7.03. The summed E-state index contributed by atoms with van der Waals surface area (Å²) < 4.78 is 29.3.